The highest BCUT2D eigenvalue weighted by Gasteiger charge is 2.49. The number of nitrogens with zero attached hydrogens (tertiary/aromatic N) is 2. The van der Waals surface area contributed by atoms with Crippen LogP contribution in [0.3, 0.4) is 0 Å². The molecule has 51 heavy (non-hydrogen) atoms. The lowest BCUT2D eigenvalue weighted by molar-refractivity contribution is -0.245. The highest BCUT2D eigenvalue weighted by molar-refractivity contribution is 6.31. The van der Waals surface area contributed by atoms with Crippen LogP contribution in [0.2, 0.25) is 0 Å². The number of aliphatic hydroxyl groups is 3. The normalized spacial score (nSPS) is 27.3. The van der Waals surface area contributed by atoms with Crippen molar-refractivity contribution < 1.29 is 63.7 Å². The molecule has 4 aliphatic rings. The van der Waals surface area contributed by atoms with Gasteiger partial charge in [-0.3, -0.25) is 28.9 Å². The van der Waals surface area contributed by atoms with E-state index in [4.69, 9.17) is 19.9 Å². The van der Waals surface area contributed by atoms with Gasteiger partial charge in [-0.05, 0) is 13.0 Å². The maximum atomic E-state index is 13.9. The number of hydrogen-bond acceptors (Lipinski definition) is 15. The molecule has 2 heterocycles. The minimum absolute atomic E-state index is 0.0377. The number of carbonyl (C=O) groups excluding carboxylic acids is 5. The summed E-state index contributed by atoms with van der Waals surface area (Å²) in [4.78, 5) is 64.9. The van der Waals surface area contributed by atoms with E-state index >= 15 is 0 Å². The highest BCUT2D eigenvalue weighted by atomic mass is 16.7. The van der Waals surface area contributed by atoms with E-state index in [1.54, 1.807) is 6.92 Å². The Kier molecular flexibility index (Phi) is 9.53. The van der Waals surface area contributed by atoms with Crippen LogP contribution < -0.4 is 15.9 Å². The molecule has 0 aromatic heterocycles. The van der Waals surface area contributed by atoms with Gasteiger partial charge in [0.15, 0.2) is 12.1 Å². The number of amides is 3. The number of rotatable bonds is 9. The summed E-state index contributed by atoms with van der Waals surface area (Å²) in [6.07, 6.45) is -3.70. The molecule has 6 atom stereocenters. The van der Waals surface area contributed by atoms with E-state index in [9.17, 15) is 49.5 Å². The number of ether oxygens (including phenoxy) is 3. The summed E-state index contributed by atoms with van der Waals surface area (Å²) < 4.78 is 17.3. The lowest BCUT2D eigenvalue weighted by Gasteiger charge is -2.43. The molecule has 6 rings (SSSR count). The zero-order valence-corrected chi connectivity index (χ0v) is 27.5. The number of aliphatic hydroxyl groups excluding tert-OH is 2. The molecule has 1 fully saturated rings. The van der Waals surface area contributed by atoms with Crippen LogP contribution in [0.4, 0.5) is 0 Å². The molecule has 0 spiro atoms. The second kappa shape index (κ2) is 13.6. The molecule has 0 bridgehead atoms. The van der Waals surface area contributed by atoms with Crippen LogP contribution in [0.15, 0.2) is 35.5 Å². The van der Waals surface area contributed by atoms with Crippen molar-refractivity contribution in [2.24, 2.45) is 10.8 Å². The van der Waals surface area contributed by atoms with E-state index in [1.807, 2.05) is 0 Å². The molecule has 8 N–H and O–H groups in total. The quantitative estimate of drug-likeness (QED) is 0.0622. The molecular weight excluding hydrogens is 672 g/mol. The van der Waals surface area contributed by atoms with Gasteiger partial charge in [-0.1, -0.05) is 12.1 Å². The number of nitrogens with two attached hydrogens (primary N) is 1. The third-order valence-electron chi connectivity index (χ3n) is 9.61. The fourth-order valence-electron chi connectivity index (χ4n) is 6.95. The first-order chi connectivity index (χ1) is 24.2. The molecule has 1 saturated heterocycles. The van der Waals surface area contributed by atoms with Crippen molar-refractivity contribution in [1.29, 1.82) is 0 Å². The Morgan fingerprint density at radius 2 is 1.78 bits per heavy atom. The summed E-state index contributed by atoms with van der Waals surface area (Å²) in [5.74, 6) is -4.95. The van der Waals surface area contributed by atoms with Crippen molar-refractivity contribution in [1.82, 2.24) is 10.3 Å². The van der Waals surface area contributed by atoms with E-state index in [-0.39, 0.29) is 47.4 Å². The van der Waals surface area contributed by atoms with Crippen molar-refractivity contribution in [3.8, 4) is 17.2 Å². The third-order valence-corrected chi connectivity index (χ3v) is 9.61. The minimum Gasteiger partial charge on any atom is -0.507 e. The summed E-state index contributed by atoms with van der Waals surface area (Å²) in [5, 5.41) is 60.1. The zero-order chi connectivity index (χ0) is 36.9. The van der Waals surface area contributed by atoms with E-state index in [0.29, 0.717) is 0 Å². The van der Waals surface area contributed by atoms with E-state index in [0.717, 1.165) is 17.1 Å². The number of imide groups is 1. The van der Waals surface area contributed by atoms with E-state index in [1.165, 1.54) is 25.3 Å². The summed E-state index contributed by atoms with van der Waals surface area (Å²) in [6, 6.07) is 3.52. The van der Waals surface area contributed by atoms with Gasteiger partial charge in [-0.2, -0.15) is 5.10 Å². The van der Waals surface area contributed by atoms with Crippen molar-refractivity contribution in [3.05, 3.63) is 63.7 Å². The first kappa shape index (κ1) is 35.8. The molecular formula is C34H36N4O13. The fraction of sp³-hybridized carbons (Fsp3) is 0.412. The molecule has 0 radical (unpaired) electrons. The molecule has 3 amide bonds. The van der Waals surface area contributed by atoms with Crippen LogP contribution in [0.1, 0.15) is 75.3 Å². The van der Waals surface area contributed by atoms with Gasteiger partial charge in [0.05, 0.1) is 54.4 Å². The molecule has 17 heteroatoms. The lowest BCUT2D eigenvalue weighted by atomic mass is 9.71. The molecule has 270 valence electrons. The van der Waals surface area contributed by atoms with Gasteiger partial charge >= 0.3 is 0 Å². The summed E-state index contributed by atoms with van der Waals surface area (Å²) in [5.41, 5.74) is 4.05. The predicted octanol–water partition coefficient (Wildman–Crippen LogP) is -0.780. The topological polar surface area (TPSA) is 268 Å². The number of carbonyl (C=O) groups is 5. The number of hydrogen-bond donors (Lipinski definition) is 7. The Labute approximate surface area is 289 Å². The number of hydrazone groups is 1. The molecule has 0 saturated carbocycles. The number of aromatic hydroxyl groups is 2. The van der Waals surface area contributed by atoms with Gasteiger partial charge in [0, 0.05) is 67.1 Å². The molecule has 2 aromatic rings. The molecule has 17 nitrogen and oxygen atoms in total. The Morgan fingerprint density at radius 3 is 2.43 bits per heavy atom. The maximum Gasteiger partial charge on any atom is 0.253 e. The second-order valence-electron chi connectivity index (χ2n) is 12.7. The van der Waals surface area contributed by atoms with Gasteiger partial charge < -0.3 is 45.5 Å². The Hall–Kier alpha value is -5.04. The smallest absolute Gasteiger partial charge is 0.253 e. The average Bonchev–Trinajstić information content (AvgIpc) is 3.42. The van der Waals surface area contributed by atoms with Crippen LogP contribution >= 0.6 is 0 Å². The van der Waals surface area contributed by atoms with Gasteiger partial charge in [-0.15, -0.1) is 0 Å². The van der Waals surface area contributed by atoms with E-state index < -0.39 is 113 Å². The Balaban J connectivity index is 1.39. The van der Waals surface area contributed by atoms with Gasteiger partial charge in [0.1, 0.15) is 22.8 Å². The van der Waals surface area contributed by atoms with Crippen molar-refractivity contribution in [2.75, 3.05) is 20.3 Å². The van der Waals surface area contributed by atoms with Crippen molar-refractivity contribution in [3.63, 3.8) is 0 Å². The van der Waals surface area contributed by atoms with Crippen LogP contribution in [0, 0.1) is 0 Å². The minimum atomic E-state index is -2.21. The molecule has 2 aliphatic heterocycles. The second-order valence-corrected chi connectivity index (χ2v) is 12.7. The van der Waals surface area contributed by atoms with Crippen LogP contribution in [-0.2, 0) is 30.3 Å². The molecule has 5 unspecified atom stereocenters. The number of nitrogens with one attached hydrogen (secondary N) is 1. The lowest BCUT2D eigenvalue weighted by Crippen LogP contribution is -2.53. The number of phenols is 2. The van der Waals surface area contributed by atoms with Crippen LogP contribution in [0.25, 0.3) is 0 Å². The summed E-state index contributed by atoms with van der Waals surface area (Å²) in [6.45, 7) is 0.373. The average molecular weight is 709 g/mol. The zero-order valence-electron chi connectivity index (χ0n) is 27.5. The summed E-state index contributed by atoms with van der Waals surface area (Å²) in [7, 11) is 1.31. The number of ketones is 2. The molecule has 2 aliphatic carbocycles. The largest absolute Gasteiger partial charge is 0.507 e. The van der Waals surface area contributed by atoms with Crippen LogP contribution in [-0.4, -0.2) is 116 Å². The third kappa shape index (κ3) is 6.17. The standard InChI is InChI=1S/C34H36N4O13/c1-14-29(43)17(35)10-24(50-14)51-19-12-34(48,20(13-39)36-37-21(40)8-9-38-22(41)6-7-23(38)42)11-16-26(19)33(47)28-27(31(16)45)30(44)15-4-3-5-18(49-2)25(15)32(28)46/h3-7,14,17,19,24,29,39,43,45,47-48H,8-13,35H2,1-2H3,(H,37,40)/b36-20+/t14?,17?,19?,24?,29?,34-/m0/s1. The number of phenolic OH excluding ortho intramolecular Hbond substituents is 2. The Morgan fingerprint density at radius 1 is 1.10 bits per heavy atom. The number of methoxy groups -OCH3 is 1. The monoisotopic (exact) mass is 708 g/mol. The maximum absolute atomic E-state index is 13.9. The van der Waals surface area contributed by atoms with Crippen LogP contribution in [0.5, 0.6) is 17.2 Å². The first-order valence-electron chi connectivity index (χ1n) is 16.0. The van der Waals surface area contributed by atoms with Gasteiger partial charge in [0.25, 0.3) is 11.8 Å². The van der Waals surface area contributed by atoms with Gasteiger partial charge in [0.2, 0.25) is 11.7 Å². The summed E-state index contributed by atoms with van der Waals surface area (Å²) >= 11 is 0. The highest BCUT2D eigenvalue weighted by Crippen LogP contribution is 2.52. The van der Waals surface area contributed by atoms with Crippen molar-refractivity contribution in [2.45, 2.75) is 68.9 Å². The van der Waals surface area contributed by atoms with E-state index in [2.05, 4.69) is 10.5 Å². The SMILES string of the molecule is COc1cccc2c1C(=O)c1c(O)c3c(c(O)c1C2=O)C[C@@](O)(/C(CO)=N/NC(=O)CCN1C(=O)C=CC1=O)CC3OC1CC(N)C(O)C(C)O1. The first-order valence-corrected chi connectivity index (χ1v) is 16.0. The predicted molar refractivity (Wildman–Crippen MR) is 173 cm³/mol. The number of fused-ring (bicyclic) bond motifs is 3. The van der Waals surface area contributed by atoms with Crippen molar-refractivity contribution >= 4 is 35.0 Å². The van der Waals surface area contributed by atoms with Gasteiger partial charge in [-0.25, -0.2) is 5.43 Å². The fourth-order valence-corrected chi connectivity index (χ4v) is 6.95. The Bertz CT molecular complexity index is 1880. The molecule has 2 aromatic carbocycles. The number of benzene rings is 2.